The van der Waals surface area contributed by atoms with E-state index in [1.165, 1.54) is 11.8 Å². The van der Waals surface area contributed by atoms with Gasteiger partial charge in [-0.15, -0.1) is 0 Å². The van der Waals surface area contributed by atoms with Gasteiger partial charge in [0.2, 0.25) is 5.91 Å². The fourth-order valence-electron chi connectivity index (χ4n) is 1.21. The molecular formula is C11H18N2O3. The van der Waals surface area contributed by atoms with E-state index >= 15 is 0 Å². The molecule has 0 heterocycles. The number of hydrogen-bond donors (Lipinski definition) is 1. The van der Waals surface area contributed by atoms with E-state index in [1.807, 2.05) is 6.07 Å². The summed E-state index contributed by atoms with van der Waals surface area (Å²) >= 11 is 0. The van der Waals surface area contributed by atoms with Crippen LogP contribution in [0, 0.1) is 16.7 Å². The van der Waals surface area contributed by atoms with E-state index in [-0.39, 0.29) is 18.9 Å². The molecular weight excluding hydrogens is 208 g/mol. The SMILES string of the molecule is CC(C(=O)O)N(CCC#N)C(=O)C(C)(C)C. The molecule has 1 amide bonds. The van der Waals surface area contributed by atoms with Gasteiger partial charge < -0.3 is 10.0 Å². The standard InChI is InChI=1S/C11H18N2O3/c1-8(9(14)15)13(7-5-6-12)10(16)11(2,3)4/h8H,5,7H2,1-4H3,(H,14,15). The van der Waals surface area contributed by atoms with Crippen LogP contribution in [0.4, 0.5) is 0 Å². The molecule has 0 aromatic heterocycles. The summed E-state index contributed by atoms with van der Waals surface area (Å²) in [7, 11) is 0. The summed E-state index contributed by atoms with van der Waals surface area (Å²) in [6.45, 7) is 6.78. The van der Waals surface area contributed by atoms with E-state index in [2.05, 4.69) is 0 Å². The molecule has 0 aliphatic carbocycles. The summed E-state index contributed by atoms with van der Waals surface area (Å²) in [5.41, 5.74) is -0.640. The van der Waals surface area contributed by atoms with Crippen molar-refractivity contribution in [1.82, 2.24) is 4.90 Å². The Morgan fingerprint density at radius 1 is 1.44 bits per heavy atom. The number of carbonyl (C=O) groups excluding carboxylic acids is 1. The molecule has 0 spiro atoms. The van der Waals surface area contributed by atoms with E-state index in [1.54, 1.807) is 20.8 Å². The number of carboxylic acid groups (broad SMARTS) is 1. The molecule has 5 nitrogen and oxygen atoms in total. The van der Waals surface area contributed by atoms with Gasteiger partial charge in [-0.2, -0.15) is 5.26 Å². The molecule has 0 aromatic carbocycles. The highest BCUT2D eigenvalue weighted by atomic mass is 16.4. The Morgan fingerprint density at radius 2 is 1.94 bits per heavy atom. The van der Waals surface area contributed by atoms with Gasteiger partial charge in [-0.05, 0) is 6.92 Å². The molecule has 1 N–H and O–H groups in total. The molecule has 16 heavy (non-hydrogen) atoms. The monoisotopic (exact) mass is 226 g/mol. The molecule has 0 aliphatic heterocycles. The van der Waals surface area contributed by atoms with Crippen LogP contribution in [0.15, 0.2) is 0 Å². The van der Waals surface area contributed by atoms with Crippen LogP contribution in [-0.4, -0.2) is 34.5 Å². The summed E-state index contributed by atoms with van der Waals surface area (Å²) in [6.07, 6.45) is 0.138. The summed E-state index contributed by atoms with van der Waals surface area (Å²) in [6, 6.07) is 1.01. The van der Waals surface area contributed by atoms with Crippen molar-refractivity contribution in [2.75, 3.05) is 6.54 Å². The van der Waals surface area contributed by atoms with Crippen molar-refractivity contribution in [2.24, 2.45) is 5.41 Å². The highest BCUT2D eigenvalue weighted by Gasteiger charge is 2.32. The van der Waals surface area contributed by atoms with Gasteiger partial charge >= 0.3 is 5.97 Å². The maximum atomic E-state index is 12.0. The van der Waals surface area contributed by atoms with E-state index in [9.17, 15) is 9.59 Å². The summed E-state index contributed by atoms with van der Waals surface area (Å²) in [5.74, 6) is -1.31. The average Bonchev–Trinajstić information content (AvgIpc) is 2.16. The van der Waals surface area contributed by atoms with Crippen LogP contribution in [0.1, 0.15) is 34.1 Å². The van der Waals surface area contributed by atoms with Crippen molar-refractivity contribution in [3.8, 4) is 6.07 Å². The van der Waals surface area contributed by atoms with Crippen LogP contribution in [-0.2, 0) is 9.59 Å². The Balaban J connectivity index is 4.88. The number of aliphatic carboxylic acids is 1. The van der Waals surface area contributed by atoms with Crippen LogP contribution < -0.4 is 0 Å². The van der Waals surface area contributed by atoms with E-state index in [4.69, 9.17) is 10.4 Å². The predicted molar refractivity (Wildman–Crippen MR) is 58.5 cm³/mol. The second-order valence-corrected chi connectivity index (χ2v) is 4.67. The fraction of sp³-hybridized carbons (Fsp3) is 0.727. The zero-order chi connectivity index (χ0) is 12.9. The number of carbonyl (C=O) groups is 2. The quantitative estimate of drug-likeness (QED) is 0.782. The maximum Gasteiger partial charge on any atom is 0.326 e. The van der Waals surface area contributed by atoms with Crippen LogP contribution in [0.25, 0.3) is 0 Å². The molecule has 0 saturated heterocycles. The Bertz CT molecular complexity index is 312. The molecule has 0 radical (unpaired) electrons. The first kappa shape index (κ1) is 14.4. The lowest BCUT2D eigenvalue weighted by atomic mass is 9.94. The van der Waals surface area contributed by atoms with Crippen LogP contribution in [0.5, 0.6) is 0 Å². The first-order chi connectivity index (χ1) is 7.21. The first-order valence-electron chi connectivity index (χ1n) is 5.12. The molecule has 1 atom stereocenters. The molecule has 0 aliphatic rings. The lowest BCUT2D eigenvalue weighted by Gasteiger charge is -2.31. The smallest absolute Gasteiger partial charge is 0.326 e. The Labute approximate surface area is 95.7 Å². The molecule has 0 rings (SSSR count). The van der Waals surface area contributed by atoms with Crippen molar-refractivity contribution in [3.63, 3.8) is 0 Å². The molecule has 0 bridgehead atoms. The van der Waals surface area contributed by atoms with Gasteiger partial charge in [0.15, 0.2) is 0 Å². The topological polar surface area (TPSA) is 81.4 Å². The minimum Gasteiger partial charge on any atom is -0.480 e. The number of rotatable bonds is 4. The van der Waals surface area contributed by atoms with Gasteiger partial charge in [-0.1, -0.05) is 20.8 Å². The van der Waals surface area contributed by atoms with Crippen LogP contribution >= 0.6 is 0 Å². The zero-order valence-corrected chi connectivity index (χ0v) is 10.1. The molecule has 0 fully saturated rings. The molecule has 90 valence electrons. The second-order valence-electron chi connectivity index (χ2n) is 4.67. The molecule has 0 aromatic rings. The predicted octanol–water partition coefficient (Wildman–Crippen LogP) is 1.25. The minimum absolute atomic E-state index is 0.138. The van der Waals surface area contributed by atoms with Gasteiger partial charge in [-0.3, -0.25) is 4.79 Å². The number of hydrogen-bond acceptors (Lipinski definition) is 3. The third kappa shape index (κ3) is 3.89. The lowest BCUT2D eigenvalue weighted by Crippen LogP contribution is -2.48. The van der Waals surface area contributed by atoms with Gasteiger partial charge in [0.1, 0.15) is 6.04 Å². The third-order valence-corrected chi connectivity index (χ3v) is 2.19. The maximum absolute atomic E-state index is 12.0. The van der Waals surface area contributed by atoms with E-state index in [0.717, 1.165) is 0 Å². The van der Waals surface area contributed by atoms with Crippen molar-refractivity contribution in [3.05, 3.63) is 0 Å². The Morgan fingerprint density at radius 3 is 2.25 bits per heavy atom. The first-order valence-corrected chi connectivity index (χ1v) is 5.12. The summed E-state index contributed by atoms with van der Waals surface area (Å²) in [4.78, 5) is 24.1. The number of carboxylic acids is 1. The number of amides is 1. The zero-order valence-electron chi connectivity index (χ0n) is 10.1. The third-order valence-electron chi connectivity index (χ3n) is 2.19. The normalized spacial score (nSPS) is 12.7. The van der Waals surface area contributed by atoms with Crippen LogP contribution in [0.3, 0.4) is 0 Å². The number of nitrogens with zero attached hydrogens (tertiary/aromatic N) is 2. The van der Waals surface area contributed by atoms with Crippen molar-refractivity contribution in [1.29, 1.82) is 5.26 Å². The highest BCUT2D eigenvalue weighted by molar-refractivity contribution is 5.86. The second kappa shape index (κ2) is 5.50. The summed E-state index contributed by atoms with van der Waals surface area (Å²) in [5, 5.41) is 17.4. The van der Waals surface area contributed by atoms with Gasteiger partial charge in [0, 0.05) is 12.0 Å². The fourth-order valence-corrected chi connectivity index (χ4v) is 1.21. The van der Waals surface area contributed by atoms with Crippen molar-refractivity contribution in [2.45, 2.75) is 40.2 Å². The lowest BCUT2D eigenvalue weighted by molar-refractivity contribution is -0.153. The molecule has 1 unspecified atom stereocenters. The summed E-state index contributed by atoms with van der Waals surface area (Å²) < 4.78 is 0. The van der Waals surface area contributed by atoms with Gasteiger partial charge in [-0.25, -0.2) is 4.79 Å². The average molecular weight is 226 g/mol. The molecule has 0 saturated carbocycles. The van der Waals surface area contributed by atoms with E-state index in [0.29, 0.717) is 0 Å². The van der Waals surface area contributed by atoms with E-state index < -0.39 is 17.4 Å². The van der Waals surface area contributed by atoms with Gasteiger partial charge in [0.05, 0.1) is 12.5 Å². The highest BCUT2D eigenvalue weighted by Crippen LogP contribution is 2.19. The largest absolute Gasteiger partial charge is 0.480 e. The Hall–Kier alpha value is -1.57. The minimum atomic E-state index is -1.06. The van der Waals surface area contributed by atoms with Crippen molar-refractivity contribution >= 4 is 11.9 Å². The van der Waals surface area contributed by atoms with Crippen molar-refractivity contribution < 1.29 is 14.7 Å². The Kier molecular flexibility index (Phi) is 4.96. The molecule has 5 heteroatoms. The van der Waals surface area contributed by atoms with Gasteiger partial charge in [0.25, 0.3) is 0 Å². The number of nitriles is 1. The van der Waals surface area contributed by atoms with Crippen LogP contribution in [0.2, 0.25) is 0 Å².